The van der Waals surface area contributed by atoms with Crippen LogP contribution in [0.3, 0.4) is 0 Å². The first-order valence-electron chi connectivity index (χ1n) is 8.24. The van der Waals surface area contributed by atoms with Gasteiger partial charge in [-0.1, -0.05) is 11.6 Å². The quantitative estimate of drug-likeness (QED) is 0.842. The molecule has 0 bridgehead atoms. The van der Waals surface area contributed by atoms with Crippen molar-refractivity contribution in [3.05, 3.63) is 28.8 Å². The number of ether oxygens (including phenoxy) is 1. The van der Waals surface area contributed by atoms with Crippen molar-refractivity contribution in [2.45, 2.75) is 25.3 Å². The van der Waals surface area contributed by atoms with Crippen LogP contribution in [0.1, 0.15) is 29.6 Å². The molecule has 1 saturated carbocycles. The van der Waals surface area contributed by atoms with Crippen LogP contribution in [0.4, 0.5) is 0 Å². The number of likely N-dealkylation sites (tertiary alicyclic amines) is 1. The summed E-state index contributed by atoms with van der Waals surface area (Å²) in [5, 5.41) is 0.485. The number of hydrogen-bond acceptors (Lipinski definition) is 3. The number of benzene rings is 1. The third-order valence-electron chi connectivity index (χ3n) is 5.41. The molecule has 1 heterocycles. The van der Waals surface area contributed by atoms with E-state index in [1.54, 1.807) is 30.2 Å². The van der Waals surface area contributed by atoms with Crippen molar-refractivity contribution in [2.24, 2.45) is 11.8 Å². The van der Waals surface area contributed by atoms with E-state index in [0.29, 0.717) is 34.6 Å². The first kappa shape index (κ1) is 17.1. The van der Waals surface area contributed by atoms with Crippen LogP contribution in [0.25, 0.3) is 0 Å². The molecule has 0 radical (unpaired) electrons. The maximum absolute atomic E-state index is 12.8. The number of rotatable bonds is 3. The number of carbonyl (C=O) groups is 2. The second-order valence-corrected chi connectivity index (χ2v) is 7.36. The third-order valence-corrected chi connectivity index (χ3v) is 5.63. The predicted octanol–water partition coefficient (Wildman–Crippen LogP) is 2.68. The Bertz CT molecular complexity index is 664. The SMILES string of the molecule is COc1cc(Cl)cc(C(=O)N(C)[C@@H]2C[C@@H]3CC(=O)N(C)C[C@@H]3C2)c1. The van der Waals surface area contributed by atoms with E-state index in [1.165, 1.54) is 0 Å². The minimum Gasteiger partial charge on any atom is -0.497 e. The summed E-state index contributed by atoms with van der Waals surface area (Å²) in [6.45, 7) is 0.799. The van der Waals surface area contributed by atoms with E-state index in [1.807, 2.05) is 19.0 Å². The maximum atomic E-state index is 12.8. The van der Waals surface area contributed by atoms with Gasteiger partial charge in [-0.15, -0.1) is 0 Å². The summed E-state index contributed by atoms with van der Waals surface area (Å²) in [6, 6.07) is 5.23. The summed E-state index contributed by atoms with van der Waals surface area (Å²) >= 11 is 6.08. The molecule has 1 saturated heterocycles. The monoisotopic (exact) mass is 350 g/mol. The Labute approximate surface area is 147 Å². The Balaban J connectivity index is 1.73. The molecule has 2 fully saturated rings. The van der Waals surface area contributed by atoms with E-state index in [4.69, 9.17) is 16.3 Å². The molecule has 0 spiro atoms. The van der Waals surface area contributed by atoms with Crippen molar-refractivity contribution >= 4 is 23.4 Å². The summed E-state index contributed by atoms with van der Waals surface area (Å²) in [5.74, 6) is 1.61. The van der Waals surface area contributed by atoms with Gasteiger partial charge >= 0.3 is 0 Å². The smallest absolute Gasteiger partial charge is 0.254 e. The zero-order valence-corrected chi connectivity index (χ0v) is 15.0. The highest BCUT2D eigenvalue weighted by atomic mass is 35.5. The van der Waals surface area contributed by atoms with Gasteiger partial charge in [-0.25, -0.2) is 0 Å². The Morgan fingerprint density at radius 2 is 2.00 bits per heavy atom. The fourth-order valence-corrected chi connectivity index (χ4v) is 4.20. The maximum Gasteiger partial charge on any atom is 0.254 e. The fraction of sp³-hybridized carbons (Fsp3) is 0.556. The summed E-state index contributed by atoms with van der Waals surface area (Å²) < 4.78 is 5.19. The molecule has 5 nitrogen and oxygen atoms in total. The molecule has 1 aliphatic carbocycles. The number of halogens is 1. The molecule has 1 aromatic carbocycles. The number of amides is 2. The molecule has 1 aliphatic heterocycles. The van der Waals surface area contributed by atoms with E-state index in [-0.39, 0.29) is 17.9 Å². The lowest BCUT2D eigenvalue weighted by atomic mass is 9.88. The van der Waals surface area contributed by atoms with Crippen LogP contribution in [0.5, 0.6) is 5.75 Å². The first-order valence-corrected chi connectivity index (χ1v) is 8.62. The highest BCUT2D eigenvalue weighted by Gasteiger charge is 2.42. The molecule has 2 aliphatic rings. The number of fused-ring (bicyclic) bond motifs is 1. The third kappa shape index (κ3) is 3.22. The van der Waals surface area contributed by atoms with Crippen molar-refractivity contribution in [3.63, 3.8) is 0 Å². The summed E-state index contributed by atoms with van der Waals surface area (Å²) in [4.78, 5) is 28.3. The van der Waals surface area contributed by atoms with Gasteiger partial charge in [-0.2, -0.15) is 0 Å². The lowest BCUT2D eigenvalue weighted by molar-refractivity contribution is -0.134. The highest BCUT2D eigenvalue weighted by molar-refractivity contribution is 6.31. The van der Waals surface area contributed by atoms with Gasteiger partial charge in [-0.3, -0.25) is 9.59 Å². The zero-order valence-electron chi connectivity index (χ0n) is 14.3. The van der Waals surface area contributed by atoms with Crippen LogP contribution in [0.15, 0.2) is 18.2 Å². The van der Waals surface area contributed by atoms with Crippen molar-refractivity contribution < 1.29 is 14.3 Å². The van der Waals surface area contributed by atoms with E-state index in [9.17, 15) is 9.59 Å². The molecule has 3 atom stereocenters. The van der Waals surface area contributed by atoms with Crippen molar-refractivity contribution in [2.75, 3.05) is 27.7 Å². The van der Waals surface area contributed by atoms with E-state index in [0.717, 1.165) is 19.4 Å². The Morgan fingerprint density at radius 3 is 2.71 bits per heavy atom. The topological polar surface area (TPSA) is 49.9 Å². The first-order chi connectivity index (χ1) is 11.4. The van der Waals surface area contributed by atoms with Crippen molar-refractivity contribution in [3.8, 4) is 5.75 Å². The molecular weight excluding hydrogens is 328 g/mol. The fourth-order valence-electron chi connectivity index (χ4n) is 3.98. The van der Waals surface area contributed by atoms with Crippen LogP contribution in [0, 0.1) is 11.8 Å². The number of methoxy groups -OCH3 is 1. The Hall–Kier alpha value is -1.75. The Kier molecular flexibility index (Phi) is 4.72. The van der Waals surface area contributed by atoms with Crippen LogP contribution in [0.2, 0.25) is 5.02 Å². The molecule has 3 rings (SSSR count). The molecule has 2 amide bonds. The number of nitrogens with zero attached hydrogens (tertiary/aromatic N) is 2. The normalized spacial score (nSPS) is 26.2. The summed E-state index contributed by atoms with van der Waals surface area (Å²) in [6.07, 6.45) is 2.44. The van der Waals surface area contributed by atoms with Crippen molar-refractivity contribution in [1.29, 1.82) is 0 Å². The Morgan fingerprint density at radius 1 is 1.29 bits per heavy atom. The van der Waals surface area contributed by atoms with Crippen LogP contribution in [-0.2, 0) is 4.79 Å². The molecule has 130 valence electrons. The average molecular weight is 351 g/mol. The number of hydrogen-bond donors (Lipinski definition) is 0. The minimum atomic E-state index is -0.0564. The largest absolute Gasteiger partial charge is 0.497 e. The molecule has 1 aromatic rings. The lowest BCUT2D eigenvalue weighted by Crippen LogP contribution is -2.39. The molecule has 24 heavy (non-hydrogen) atoms. The second kappa shape index (κ2) is 6.63. The van der Waals surface area contributed by atoms with Gasteiger partial charge in [0.05, 0.1) is 7.11 Å². The standard InChI is InChI=1S/C18H23ClN2O3/c1-20-10-13-6-15(5-11(13)8-17(20)22)21(2)18(23)12-4-14(19)9-16(7-12)24-3/h4,7,9,11,13,15H,5-6,8,10H2,1-3H3/t11-,13+,15-/m1/s1. The van der Waals surface area contributed by atoms with E-state index >= 15 is 0 Å². The molecular formula is C18H23ClN2O3. The average Bonchev–Trinajstić information content (AvgIpc) is 2.95. The molecule has 0 aromatic heterocycles. The van der Waals surface area contributed by atoms with Gasteiger partial charge in [0.2, 0.25) is 5.91 Å². The summed E-state index contributed by atoms with van der Waals surface area (Å²) in [7, 11) is 5.25. The van der Waals surface area contributed by atoms with Crippen LogP contribution in [-0.4, -0.2) is 55.4 Å². The van der Waals surface area contributed by atoms with E-state index in [2.05, 4.69) is 0 Å². The van der Waals surface area contributed by atoms with Crippen LogP contribution >= 0.6 is 11.6 Å². The molecule has 0 N–H and O–H groups in total. The molecule has 0 unspecified atom stereocenters. The lowest BCUT2D eigenvalue weighted by Gasteiger charge is -2.31. The van der Waals surface area contributed by atoms with Gasteiger partial charge in [0.25, 0.3) is 5.91 Å². The van der Waals surface area contributed by atoms with Gasteiger partial charge in [0.1, 0.15) is 5.75 Å². The van der Waals surface area contributed by atoms with Gasteiger partial charge < -0.3 is 14.5 Å². The molecule has 6 heteroatoms. The highest BCUT2D eigenvalue weighted by Crippen LogP contribution is 2.40. The van der Waals surface area contributed by atoms with E-state index < -0.39 is 0 Å². The number of piperidine rings is 1. The van der Waals surface area contributed by atoms with Crippen molar-refractivity contribution in [1.82, 2.24) is 9.80 Å². The minimum absolute atomic E-state index is 0.0564. The number of carbonyl (C=O) groups excluding carboxylic acids is 2. The van der Waals surface area contributed by atoms with Gasteiger partial charge in [0.15, 0.2) is 0 Å². The van der Waals surface area contributed by atoms with Crippen LogP contribution < -0.4 is 4.74 Å². The van der Waals surface area contributed by atoms with Gasteiger partial charge in [0, 0.05) is 43.7 Å². The predicted molar refractivity (Wildman–Crippen MR) is 92.4 cm³/mol. The zero-order chi connectivity index (χ0) is 17.4. The van der Waals surface area contributed by atoms with Gasteiger partial charge in [-0.05, 0) is 42.9 Å². The summed E-state index contributed by atoms with van der Waals surface area (Å²) in [5.41, 5.74) is 0.532. The second-order valence-electron chi connectivity index (χ2n) is 6.92.